The van der Waals surface area contributed by atoms with Crippen LogP contribution in [0.15, 0.2) is 24.3 Å². The number of carbonyl (C=O) groups excluding carboxylic acids is 1. The van der Waals surface area contributed by atoms with E-state index in [0.29, 0.717) is 12.3 Å². The van der Waals surface area contributed by atoms with Crippen molar-refractivity contribution in [1.82, 2.24) is 5.32 Å². The highest BCUT2D eigenvalue weighted by Gasteiger charge is 2.00. The number of ether oxygens (including phenoxy) is 2. The predicted molar refractivity (Wildman–Crippen MR) is 61.3 cm³/mol. The Morgan fingerprint density at radius 2 is 2.35 bits per heavy atom. The number of carbonyl (C=O) groups is 1. The molecule has 0 saturated carbocycles. The van der Waals surface area contributed by atoms with E-state index >= 15 is 0 Å². The van der Waals surface area contributed by atoms with Crippen LogP contribution in [0.5, 0.6) is 5.75 Å². The maximum absolute atomic E-state index is 10.9. The quantitative estimate of drug-likeness (QED) is 0.739. The Balaban J connectivity index is 2.43. The van der Waals surface area contributed by atoms with Gasteiger partial charge in [-0.15, -0.1) is 0 Å². The molecule has 0 spiro atoms. The minimum Gasteiger partial charge on any atom is -0.479 e. The zero-order valence-corrected chi connectivity index (χ0v) is 9.60. The molecule has 0 aromatic heterocycles. The SMILES string of the molecule is COC(=O)CNCc1cccc(OCC#N)c1. The summed E-state index contributed by atoms with van der Waals surface area (Å²) in [5.74, 6) is 0.339. The standard InChI is InChI=1S/C12H14N2O3/c1-16-12(15)9-14-8-10-3-2-4-11(7-10)17-6-5-13/h2-4,7,14H,6,8-9H2,1H3. The number of rotatable bonds is 6. The highest BCUT2D eigenvalue weighted by Crippen LogP contribution is 2.12. The van der Waals surface area contributed by atoms with Crippen LogP contribution in [0.25, 0.3) is 0 Å². The number of nitriles is 1. The van der Waals surface area contributed by atoms with E-state index in [1.807, 2.05) is 24.3 Å². The molecule has 0 radical (unpaired) electrons. The van der Waals surface area contributed by atoms with Crippen molar-refractivity contribution in [3.8, 4) is 11.8 Å². The monoisotopic (exact) mass is 234 g/mol. The van der Waals surface area contributed by atoms with Crippen molar-refractivity contribution in [2.24, 2.45) is 0 Å². The summed E-state index contributed by atoms with van der Waals surface area (Å²) in [4.78, 5) is 10.9. The molecule has 0 atom stereocenters. The van der Waals surface area contributed by atoms with Crippen LogP contribution in [0.2, 0.25) is 0 Å². The predicted octanol–water partition coefficient (Wildman–Crippen LogP) is 0.852. The van der Waals surface area contributed by atoms with Crippen LogP contribution in [0.1, 0.15) is 5.56 Å². The third kappa shape index (κ3) is 5.00. The largest absolute Gasteiger partial charge is 0.479 e. The zero-order valence-electron chi connectivity index (χ0n) is 9.60. The summed E-state index contributed by atoms with van der Waals surface area (Å²) in [6, 6.07) is 9.24. The van der Waals surface area contributed by atoms with E-state index in [1.165, 1.54) is 7.11 Å². The van der Waals surface area contributed by atoms with Gasteiger partial charge in [0.05, 0.1) is 13.7 Å². The van der Waals surface area contributed by atoms with E-state index in [9.17, 15) is 4.79 Å². The Bertz CT molecular complexity index is 412. The Kier molecular flexibility index (Phi) is 5.55. The van der Waals surface area contributed by atoms with Crippen LogP contribution in [0, 0.1) is 11.3 Å². The third-order valence-electron chi connectivity index (χ3n) is 2.03. The van der Waals surface area contributed by atoms with E-state index < -0.39 is 0 Å². The van der Waals surface area contributed by atoms with E-state index in [1.54, 1.807) is 6.07 Å². The first-order chi connectivity index (χ1) is 8.26. The molecule has 1 N–H and O–H groups in total. The normalized spacial score (nSPS) is 9.41. The number of benzene rings is 1. The molecule has 1 aromatic rings. The van der Waals surface area contributed by atoms with Gasteiger partial charge < -0.3 is 14.8 Å². The first-order valence-corrected chi connectivity index (χ1v) is 5.12. The van der Waals surface area contributed by atoms with Crippen molar-refractivity contribution in [2.45, 2.75) is 6.54 Å². The number of methoxy groups -OCH3 is 1. The van der Waals surface area contributed by atoms with Crippen molar-refractivity contribution in [1.29, 1.82) is 5.26 Å². The fourth-order valence-electron chi connectivity index (χ4n) is 1.24. The van der Waals surface area contributed by atoms with Gasteiger partial charge in [-0.25, -0.2) is 0 Å². The Morgan fingerprint density at radius 1 is 1.53 bits per heavy atom. The van der Waals surface area contributed by atoms with Gasteiger partial charge in [0.1, 0.15) is 11.8 Å². The minimum absolute atomic E-state index is 0.0268. The van der Waals surface area contributed by atoms with Gasteiger partial charge in [-0.2, -0.15) is 5.26 Å². The number of nitrogens with zero attached hydrogens (tertiary/aromatic N) is 1. The van der Waals surface area contributed by atoms with Crippen molar-refractivity contribution >= 4 is 5.97 Å². The van der Waals surface area contributed by atoms with Gasteiger partial charge >= 0.3 is 5.97 Å². The Labute approximate surface area is 100.0 Å². The van der Waals surface area contributed by atoms with E-state index in [0.717, 1.165) is 5.56 Å². The van der Waals surface area contributed by atoms with Crippen molar-refractivity contribution in [2.75, 3.05) is 20.3 Å². The molecule has 1 aromatic carbocycles. The second kappa shape index (κ2) is 7.25. The lowest BCUT2D eigenvalue weighted by Gasteiger charge is -2.06. The number of hydrogen-bond donors (Lipinski definition) is 1. The summed E-state index contributed by atoms with van der Waals surface area (Å²) in [5.41, 5.74) is 0.976. The van der Waals surface area contributed by atoms with Crippen LogP contribution in [0.3, 0.4) is 0 Å². The van der Waals surface area contributed by atoms with E-state index in [4.69, 9.17) is 10.00 Å². The molecule has 5 nitrogen and oxygen atoms in total. The Morgan fingerprint density at radius 3 is 3.06 bits per heavy atom. The van der Waals surface area contributed by atoms with E-state index in [2.05, 4.69) is 10.1 Å². The molecular formula is C12H14N2O3. The first-order valence-electron chi connectivity index (χ1n) is 5.12. The molecule has 0 unspecified atom stereocenters. The highest BCUT2D eigenvalue weighted by atomic mass is 16.5. The van der Waals surface area contributed by atoms with Gasteiger partial charge in [-0.1, -0.05) is 12.1 Å². The van der Waals surface area contributed by atoms with E-state index in [-0.39, 0.29) is 19.1 Å². The topological polar surface area (TPSA) is 71.3 Å². The average Bonchev–Trinajstić information content (AvgIpc) is 2.36. The second-order valence-electron chi connectivity index (χ2n) is 3.27. The molecule has 0 heterocycles. The molecule has 5 heteroatoms. The smallest absolute Gasteiger partial charge is 0.319 e. The summed E-state index contributed by atoms with van der Waals surface area (Å²) in [5, 5.41) is 11.3. The fraction of sp³-hybridized carbons (Fsp3) is 0.333. The molecule has 0 amide bonds. The Hall–Kier alpha value is -2.06. The van der Waals surface area contributed by atoms with Gasteiger partial charge in [0, 0.05) is 6.54 Å². The third-order valence-corrected chi connectivity index (χ3v) is 2.03. The molecule has 0 aliphatic heterocycles. The molecule has 0 fully saturated rings. The average molecular weight is 234 g/mol. The molecule has 0 bridgehead atoms. The van der Waals surface area contributed by atoms with Crippen molar-refractivity contribution in [3.05, 3.63) is 29.8 Å². The summed E-state index contributed by atoms with van der Waals surface area (Å²) in [7, 11) is 1.35. The number of hydrogen-bond acceptors (Lipinski definition) is 5. The van der Waals surface area contributed by atoms with Crippen LogP contribution in [-0.4, -0.2) is 26.2 Å². The zero-order chi connectivity index (χ0) is 12.5. The van der Waals surface area contributed by atoms with Gasteiger partial charge in [0.15, 0.2) is 6.61 Å². The first kappa shape index (κ1) is 13.0. The number of nitrogens with one attached hydrogen (secondary N) is 1. The fourth-order valence-corrected chi connectivity index (χ4v) is 1.24. The van der Waals surface area contributed by atoms with Crippen LogP contribution < -0.4 is 10.1 Å². The molecule has 1 rings (SSSR count). The van der Waals surface area contributed by atoms with Gasteiger partial charge in [-0.05, 0) is 17.7 Å². The lowest BCUT2D eigenvalue weighted by atomic mass is 10.2. The van der Waals surface area contributed by atoms with Crippen LogP contribution >= 0.6 is 0 Å². The van der Waals surface area contributed by atoms with Crippen LogP contribution in [-0.2, 0) is 16.1 Å². The maximum atomic E-state index is 10.9. The minimum atomic E-state index is -0.304. The lowest BCUT2D eigenvalue weighted by Crippen LogP contribution is -2.23. The summed E-state index contributed by atoms with van der Waals surface area (Å²) in [6.45, 7) is 0.734. The summed E-state index contributed by atoms with van der Waals surface area (Å²) < 4.78 is 9.67. The molecule has 90 valence electrons. The van der Waals surface area contributed by atoms with Gasteiger partial charge in [0.2, 0.25) is 0 Å². The molecule has 0 saturated heterocycles. The maximum Gasteiger partial charge on any atom is 0.319 e. The lowest BCUT2D eigenvalue weighted by molar-refractivity contribution is -0.139. The van der Waals surface area contributed by atoms with Crippen molar-refractivity contribution < 1.29 is 14.3 Å². The number of esters is 1. The van der Waals surface area contributed by atoms with Gasteiger partial charge in [0.25, 0.3) is 0 Å². The summed E-state index contributed by atoms with van der Waals surface area (Å²) in [6.07, 6.45) is 0. The molecule has 0 aliphatic rings. The van der Waals surface area contributed by atoms with Gasteiger partial charge in [-0.3, -0.25) is 4.79 Å². The molecular weight excluding hydrogens is 220 g/mol. The molecule has 0 aliphatic carbocycles. The second-order valence-corrected chi connectivity index (χ2v) is 3.27. The van der Waals surface area contributed by atoms with Crippen molar-refractivity contribution in [3.63, 3.8) is 0 Å². The molecule has 17 heavy (non-hydrogen) atoms. The van der Waals surface area contributed by atoms with Crippen LogP contribution in [0.4, 0.5) is 0 Å². The highest BCUT2D eigenvalue weighted by molar-refractivity contribution is 5.71. The summed E-state index contributed by atoms with van der Waals surface area (Å²) >= 11 is 0.